The van der Waals surface area contributed by atoms with Gasteiger partial charge in [-0.3, -0.25) is 0 Å². The highest BCUT2D eigenvalue weighted by Crippen LogP contribution is 2.30. The quantitative estimate of drug-likeness (QED) is 0.389. The second kappa shape index (κ2) is 9.24. The minimum Gasteiger partial charge on any atom is -0.393 e. The number of aliphatic hydroxyl groups excluding tert-OH is 1. The van der Waals surface area contributed by atoms with Gasteiger partial charge in [-0.15, -0.1) is 0 Å². The molecule has 136 valence electrons. The molecular weight excluding hydrogens is 333 g/mol. The lowest BCUT2D eigenvalue weighted by atomic mass is 10.2. The van der Waals surface area contributed by atoms with E-state index in [0.29, 0.717) is 16.7 Å². The van der Waals surface area contributed by atoms with Crippen molar-refractivity contribution in [2.75, 3.05) is 35.8 Å². The summed E-state index contributed by atoms with van der Waals surface area (Å²) in [7, 11) is 0. The molecule has 1 aliphatic carbocycles. The topological polar surface area (TPSA) is 119 Å². The Kier molecular flexibility index (Phi) is 7.32. The van der Waals surface area contributed by atoms with Crippen LogP contribution in [0.5, 0.6) is 0 Å². The Bertz CT molecular complexity index is 537. The van der Waals surface area contributed by atoms with Gasteiger partial charge in [-0.2, -0.15) is 0 Å². The van der Waals surface area contributed by atoms with E-state index in [0.717, 1.165) is 31.4 Å². The molecule has 3 unspecified atom stereocenters. The number of rotatable bonds is 9. The van der Waals surface area contributed by atoms with Gasteiger partial charge >= 0.3 is 0 Å². The molecule has 1 saturated carbocycles. The largest absolute Gasteiger partial charge is 0.393 e. The van der Waals surface area contributed by atoms with E-state index >= 15 is 0 Å². The predicted molar refractivity (Wildman–Crippen MR) is 94.9 cm³/mol. The highest BCUT2D eigenvalue weighted by Gasteiger charge is 2.27. The molecule has 0 aliphatic heterocycles. The van der Waals surface area contributed by atoms with Gasteiger partial charge in [0.2, 0.25) is 0 Å². The minimum absolute atomic E-state index is 0.0263. The molecule has 1 fully saturated rings. The van der Waals surface area contributed by atoms with Crippen molar-refractivity contribution >= 4 is 29.1 Å². The summed E-state index contributed by atoms with van der Waals surface area (Å²) in [6.45, 7) is 1.50. The average Bonchev–Trinajstić information content (AvgIpc) is 3.02. The summed E-state index contributed by atoms with van der Waals surface area (Å²) >= 11 is 1.54. The molecule has 1 aromatic heterocycles. The van der Waals surface area contributed by atoms with Crippen molar-refractivity contribution in [3.63, 3.8) is 0 Å². The number of hydrogen-bond acceptors (Lipinski definition) is 8. The van der Waals surface area contributed by atoms with E-state index in [1.54, 1.807) is 11.8 Å². The van der Waals surface area contributed by atoms with Crippen LogP contribution in [-0.2, 0) is 4.74 Å². The number of thioether (sulfide) groups is 1. The van der Waals surface area contributed by atoms with Gasteiger partial charge in [-0.25, -0.2) is 14.4 Å². The van der Waals surface area contributed by atoms with Crippen molar-refractivity contribution in [2.45, 2.75) is 56.1 Å². The van der Waals surface area contributed by atoms with Gasteiger partial charge in [0.15, 0.2) is 16.8 Å². The zero-order chi connectivity index (χ0) is 17.5. The molecule has 0 aromatic carbocycles. The van der Waals surface area contributed by atoms with Crippen LogP contribution in [0.15, 0.2) is 5.16 Å². The third-order valence-electron chi connectivity index (χ3n) is 3.83. The number of nitrogens with zero attached hydrogens (tertiary/aromatic N) is 2. The fraction of sp³-hybridized carbons (Fsp3) is 0.733. The van der Waals surface area contributed by atoms with Crippen molar-refractivity contribution in [3.8, 4) is 0 Å². The van der Waals surface area contributed by atoms with E-state index in [4.69, 9.17) is 21.3 Å². The first-order valence-electron chi connectivity index (χ1n) is 8.22. The molecule has 9 heteroatoms. The van der Waals surface area contributed by atoms with E-state index in [-0.39, 0.29) is 24.6 Å². The van der Waals surface area contributed by atoms with Crippen molar-refractivity contribution in [1.29, 1.82) is 0 Å². The summed E-state index contributed by atoms with van der Waals surface area (Å²) < 4.78 is 18.5. The van der Waals surface area contributed by atoms with Gasteiger partial charge in [0.25, 0.3) is 0 Å². The molecule has 1 aliphatic rings. The van der Waals surface area contributed by atoms with Crippen LogP contribution in [0.1, 0.15) is 32.6 Å². The van der Waals surface area contributed by atoms with Crippen molar-refractivity contribution in [1.82, 2.24) is 9.97 Å². The smallest absolute Gasteiger partial charge is 0.191 e. The van der Waals surface area contributed by atoms with E-state index in [1.165, 1.54) is 0 Å². The molecular formula is C15H26FN5O2S. The first-order valence-corrected chi connectivity index (χ1v) is 9.20. The maximum absolute atomic E-state index is 13.0. The molecule has 0 bridgehead atoms. The van der Waals surface area contributed by atoms with Crippen molar-refractivity contribution < 1.29 is 14.2 Å². The Morgan fingerprint density at radius 3 is 2.92 bits per heavy atom. The van der Waals surface area contributed by atoms with Crippen LogP contribution in [0.25, 0.3) is 0 Å². The average molecular weight is 359 g/mol. The molecule has 1 aromatic rings. The van der Waals surface area contributed by atoms with Gasteiger partial charge < -0.3 is 26.6 Å². The van der Waals surface area contributed by atoms with Crippen LogP contribution in [0, 0.1) is 0 Å². The Balaban J connectivity index is 1.92. The monoisotopic (exact) mass is 359 g/mol. The number of hydrogen-bond donors (Lipinski definition) is 4. The molecule has 0 saturated heterocycles. The van der Waals surface area contributed by atoms with Gasteiger partial charge in [0, 0.05) is 11.8 Å². The number of ether oxygens (including phenoxy) is 1. The van der Waals surface area contributed by atoms with Gasteiger partial charge in [-0.1, -0.05) is 18.7 Å². The Hall–Kier alpha value is -1.32. The number of alkyl halides is 1. The number of nitrogens with one attached hydrogen (secondary N) is 1. The van der Waals surface area contributed by atoms with E-state index in [1.807, 2.05) is 0 Å². The SMILES string of the molecule is CCCSc1nc(N)c(N)c(NC2CCC(OCC(F)CO)C2)n1. The summed E-state index contributed by atoms with van der Waals surface area (Å²) in [5.74, 6) is 1.74. The molecule has 3 atom stereocenters. The molecule has 0 amide bonds. The molecule has 6 N–H and O–H groups in total. The van der Waals surface area contributed by atoms with Crippen LogP contribution in [0.2, 0.25) is 0 Å². The van der Waals surface area contributed by atoms with E-state index < -0.39 is 12.8 Å². The first-order chi connectivity index (χ1) is 11.5. The van der Waals surface area contributed by atoms with E-state index in [2.05, 4.69) is 22.2 Å². The number of halogens is 1. The Morgan fingerprint density at radius 2 is 2.21 bits per heavy atom. The number of aliphatic hydroxyl groups is 1. The molecule has 24 heavy (non-hydrogen) atoms. The maximum atomic E-state index is 13.0. The standard InChI is InChI=1S/C15H26FN5O2S/c1-2-5-24-15-20-13(18)12(17)14(21-15)19-10-3-4-11(6-10)23-8-9(16)7-22/h9-11,22H,2-8,17H2,1H3,(H3,18,19,20,21). The van der Waals surface area contributed by atoms with Gasteiger partial charge in [-0.05, 0) is 25.7 Å². The fourth-order valence-electron chi connectivity index (χ4n) is 2.54. The summed E-state index contributed by atoms with van der Waals surface area (Å²) in [5.41, 5.74) is 12.2. The third-order valence-corrected chi connectivity index (χ3v) is 4.88. The Labute approximate surface area is 145 Å². The van der Waals surface area contributed by atoms with Crippen molar-refractivity contribution in [2.24, 2.45) is 0 Å². The normalized spacial score (nSPS) is 21.8. The third kappa shape index (κ3) is 5.35. The lowest BCUT2D eigenvalue weighted by Gasteiger charge is -2.17. The fourth-order valence-corrected chi connectivity index (χ4v) is 3.25. The van der Waals surface area contributed by atoms with Gasteiger partial charge in [0.1, 0.15) is 11.9 Å². The lowest BCUT2D eigenvalue weighted by Crippen LogP contribution is -2.23. The van der Waals surface area contributed by atoms with E-state index in [9.17, 15) is 4.39 Å². The number of anilines is 3. The highest BCUT2D eigenvalue weighted by molar-refractivity contribution is 7.99. The van der Waals surface area contributed by atoms with Crippen LogP contribution in [0.3, 0.4) is 0 Å². The van der Waals surface area contributed by atoms with Crippen LogP contribution < -0.4 is 16.8 Å². The zero-order valence-electron chi connectivity index (χ0n) is 13.9. The van der Waals surface area contributed by atoms with Crippen LogP contribution >= 0.6 is 11.8 Å². The summed E-state index contributed by atoms with van der Waals surface area (Å²) in [5, 5.41) is 12.6. The maximum Gasteiger partial charge on any atom is 0.191 e. The molecule has 2 rings (SSSR count). The van der Waals surface area contributed by atoms with Crippen LogP contribution in [-0.4, -0.2) is 52.4 Å². The highest BCUT2D eigenvalue weighted by atomic mass is 32.2. The molecule has 7 nitrogen and oxygen atoms in total. The second-order valence-corrected chi connectivity index (χ2v) is 6.95. The lowest BCUT2D eigenvalue weighted by molar-refractivity contribution is 0.00628. The minimum atomic E-state index is -1.33. The zero-order valence-corrected chi connectivity index (χ0v) is 14.7. The van der Waals surface area contributed by atoms with Crippen LogP contribution in [0.4, 0.5) is 21.7 Å². The number of nitrogen functional groups attached to an aromatic ring is 2. The number of aromatic nitrogens is 2. The molecule has 0 spiro atoms. The predicted octanol–water partition coefficient (Wildman–Crippen LogP) is 1.82. The first kappa shape index (κ1) is 19.0. The summed E-state index contributed by atoms with van der Waals surface area (Å²) in [6.07, 6.45) is 2.11. The number of nitrogens with two attached hydrogens (primary N) is 2. The summed E-state index contributed by atoms with van der Waals surface area (Å²) in [4.78, 5) is 8.64. The molecule has 1 heterocycles. The molecule has 0 radical (unpaired) electrons. The summed E-state index contributed by atoms with van der Waals surface area (Å²) in [6, 6.07) is 0.141. The van der Waals surface area contributed by atoms with Crippen molar-refractivity contribution in [3.05, 3.63) is 0 Å². The Morgan fingerprint density at radius 1 is 1.42 bits per heavy atom. The van der Waals surface area contributed by atoms with Gasteiger partial charge in [0.05, 0.1) is 19.3 Å². The second-order valence-electron chi connectivity index (χ2n) is 5.89.